The minimum Gasteiger partial charge on any atom is -0.493 e. The van der Waals surface area contributed by atoms with Crippen molar-refractivity contribution in [2.45, 2.75) is 38.4 Å². The first-order valence-electron chi connectivity index (χ1n) is 10.6. The average molecular weight is 424 g/mol. The number of methoxy groups -OCH3 is 2. The van der Waals surface area contributed by atoms with E-state index in [1.807, 2.05) is 49.4 Å². The molecule has 1 saturated heterocycles. The summed E-state index contributed by atoms with van der Waals surface area (Å²) in [6, 6.07) is 13.2. The normalized spacial score (nSPS) is 21.0. The van der Waals surface area contributed by atoms with E-state index in [1.54, 1.807) is 19.1 Å². The van der Waals surface area contributed by atoms with Gasteiger partial charge in [0.15, 0.2) is 11.5 Å². The molecular formula is C24H29N3O4. The van der Waals surface area contributed by atoms with Crippen LogP contribution in [-0.4, -0.2) is 56.1 Å². The summed E-state index contributed by atoms with van der Waals surface area (Å²) in [7, 11) is 3.25. The molecule has 2 amide bonds. The Labute approximate surface area is 182 Å². The molecule has 0 spiro atoms. The number of nitrogens with zero attached hydrogens (tertiary/aromatic N) is 2. The molecule has 0 aliphatic carbocycles. The average Bonchev–Trinajstić information content (AvgIpc) is 3.05. The first-order chi connectivity index (χ1) is 15.0. The number of benzene rings is 2. The number of rotatable bonds is 6. The molecule has 4 rings (SSSR count). The molecule has 0 aromatic heterocycles. The van der Waals surface area contributed by atoms with Crippen LogP contribution in [0.4, 0.5) is 5.69 Å². The van der Waals surface area contributed by atoms with Crippen LogP contribution in [0.1, 0.15) is 24.5 Å². The van der Waals surface area contributed by atoms with Crippen LogP contribution in [0.2, 0.25) is 0 Å². The highest BCUT2D eigenvalue weighted by molar-refractivity contribution is 6.02. The Kier molecular flexibility index (Phi) is 6.13. The van der Waals surface area contributed by atoms with E-state index in [4.69, 9.17) is 9.47 Å². The van der Waals surface area contributed by atoms with Crippen molar-refractivity contribution in [3.8, 4) is 11.5 Å². The van der Waals surface area contributed by atoms with E-state index >= 15 is 0 Å². The Balaban J connectivity index is 1.37. The smallest absolute Gasteiger partial charge is 0.249 e. The van der Waals surface area contributed by atoms with Crippen LogP contribution in [0.15, 0.2) is 42.5 Å². The van der Waals surface area contributed by atoms with Gasteiger partial charge in [0.05, 0.1) is 20.8 Å². The number of carbonyl (C=O) groups is 2. The third kappa shape index (κ3) is 4.37. The summed E-state index contributed by atoms with van der Waals surface area (Å²) in [6.45, 7) is 3.72. The molecule has 1 fully saturated rings. The predicted octanol–water partition coefficient (Wildman–Crippen LogP) is 2.37. The van der Waals surface area contributed by atoms with Crippen molar-refractivity contribution in [2.24, 2.45) is 0 Å². The van der Waals surface area contributed by atoms with Crippen molar-refractivity contribution in [1.82, 2.24) is 10.2 Å². The SMILES string of the molecule is COc1cc2c(cc1OC)CN(CC(=O)N[C@@H]1C[C@H](C)N(c3ccccc3)C1=O)CC2. The van der Waals surface area contributed by atoms with E-state index < -0.39 is 6.04 Å². The van der Waals surface area contributed by atoms with E-state index in [2.05, 4.69) is 10.2 Å². The molecule has 2 aromatic carbocycles. The quantitative estimate of drug-likeness (QED) is 0.773. The molecule has 2 atom stereocenters. The third-order valence-corrected chi connectivity index (χ3v) is 6.09. The van der Waals surface area contributed by atoms with Crippen molar-refractivity contribution in [3.05, 3.63) is 53.6 Å². The van der Waals surface area contributed by atoms with Crippen LogP contribution in [0.3, 0.4) is 0 Å². The summed E-state index contributed by atoms with van der Waals surface area (Å²) < 4.78 is 10.8. The van der Waals surface area contributed by atoms with Gasteiger partial charge in [-0.2, -0.15) is 0 Å². The predicted molar refractivity (Wildman–Crippen MR) is 118 cm³/mol. The minimum absolute atomic E-state index is 0.0458. The summed E-state index contributed by atoms with van der Waals surface area (Å²) in [6.07, 6.45) is 1.45. The van der Waals surface area contributed by atoms with Gasteiger partial charge in [0.1, 0.15) is 6.04 Å². The van der Waals surface area contributed by atoms with Crippen molar-refractivity contribution in [1.29, 1.82) is 0 Å². The standard InChI is InChI=1S/C24H29N3O4/c1-16-11-20(24(29)27(16)19-7-5-4-6-8-19)25-23(28)15-26-10-9-17-12-21(30-2)22(31-3)13-18(17)14-26/h4-8,12-13,16,20H,9-11,14-15H2,1-3H3,(H,25,28)/t16-,20+/m0/s1. The summed E-state index contributed by atoms with van der Waals surface area (Å²) in [5, 5.41) is 2.95. The van der Waals surface area contributed by atoms with Gasteiger partial charge >= 0.3 is 0 Å². The highest BCUT2D eigenvalue weighted by Crippen LogP contribution is 2.33. The lowest BCUT2D eigenvalue weighted by molar-refractivity contribution is -0.127. The molecule has 31 heavy (non-hydrogen) atoms. The second kappa shape index (κ2) is 8.98. The van der Waals surface area contributed by atoms with Gasteiger partial charge in [-0.3, -0.25) is 14.5 Å². The molecule has 0 saturated carbocycles. The number of ether oxygens (including phenoxy) is 2. The first-order valence-corrected chi connectivity index (χ1v) is 10.6. The lowest BCUT2D eigenvalue weighted by Crippen LogP contribution is -2.46. The second-order valence-corrected chi connectivity index (χ2v) is 8.19. The van der Waals surface area contributed by atoms with Crippen LogP contribution in [0.5, 0.6) is 11.5 Å². The lowest BCUT2D eigenvalue weighted by Gasteiger charge is -2.29. The Morgan fingerprint density at radius 2 is 1.77 bits per heavy atom. The molecule has 7 heteroatoms. The zero-order valence-electron chi connectivity index (χ0n) is 18.3. The van der Waals surface area contributed by atoms with Gasteiger partial charge in [0.25, 0.3) is 0 Å². The molecule has 2 aliphatic rings. The Hall–Kier alpha value is -3.06. The van der Waals surface area contributed by atoms with Crippen molar-refractivity contribution in [3.63, 3.8) is 0 Å². The van der Waals surface area contributed by atoms with Gasteiger partial charge in [0.2, 0.25) is 11.8 Å². The molecule has 2 aliphatic heterocycles. The zero-order chi connectivity index (χ0) is 22.0. The monoisotopic (exact) mass is 423 g/mol. The van der Waals surface area contributed by atoms with Crippen LogP contribution in [0, 0.1) is 0 Å². The van der Waals surface area contributed by atoms with E-state index in [-0.39, 0.29) is 24.4 Å². The fraction of sp³-hybridized carbons (Fsp3) is 0.417. The third-order valence-electron chi connectivity index (χ3n) is 6.09. The molecule has 2 heterocycles. The minimum atomic E-state index is -0.482. The number of nitrogens with one attached hydrogen (secondary N) is 1. The number of para-hydroxylation sites is 1. The van der Waals surface area contributed by atoms with Crippen molar-refractivity contribution in [2.75, 3.05) is 32.2 Å². The Morgan fingerprint density at radius 3 is 2.45 bits per heavy atom. The van der Waals surface area contributed by atoms with Crippen molar-refractivity contribution >= 4 is 17.5 Å². The summed E-state index contributed by atoms with van der Waals surface area (Å²) in [5.74, 6) is 1.25. The number of fused-ring (bicyclic) bond motifs is 1. The molecule has 0 unspecified atom stereocenters. The number of amides is 2. The van der Waals surface area contributed by atoms with E-state index in [0.29, 0.717) is 18.7 Å². The molecule has 7 nitrogen and oxygen atoms in total. The van der Waals surface area contributed by atoms with Crippen LogP contribution < -0.4 is 19.7 Å². The first kappa shape index (κ1) is 21.2. The van der Waals surface area contributed by atoms with Gasteiger partial charge in [-0.25, -0.2) is 0 Å². The van der Waals surface area contributed by atoms with E-state index in [9.17, 15) is 9.59 Å². The largest absolute Gasteiger partial charge is 0.493 e. The Morgan fingerprint density at radius 1 is 1.10 bits per heavy atom. The number of hydrogen-bond donors (Lipinski definition) is 1. The number of anilines is 1. The highest BCUT2D eigenvalue weighted by Gasteiger charge is 2.38. The molecule has 2 aromatic rings. The van der Waals surface area contributed by atoms with E-state index in [0.717, 1.165) is 30.0 Å². The molecular weight excluding hydrogens is 394 g/mol. The van der Waals surface area contributed by atoms with Crippen LogP contribution >= 0.6 is 0 Å². The Bertz CT molecular complexity index is 963. The molecule has 0 bridgehead atoms. The van der Waals surface area contributed by atoms with Crippen molar-refractivity contribution < 1.29 is 19.1 Å². The summed E-state index contributed by atoms with van der Waals surface area (Å²) >= 11 is 0. The fourth-order valence-corrected chi connectivity index (χ4v) is 4.54. The zero-order valence-corrected chi connectivity index (χ0v) is 18.3. The number of carbonyl (C=O) groups excluding carboxylic acids is 2. The maximum absolute atomic E-state index is 12.9. The van der Waals surface area contributed by atoms with Gasteiger partial charge < -0.3 is 19.7 Å². The van der Waals surface area contributed by atoms with Gasteiger partial charge in [0, 0.05) is 24.8 Å². The van der Waals surface area contributed by atoms with Gasteiger partial charge in [-0.1, -0.05) is 18.2 Å². The summed E-state index contributed by atoms with van der Waals surface area (Å²) in [4.78, 5) is 29.5. The second-order valence-electron chi connectivity index (χ2n) is 8.19. The van der Waals surface area contributed by atoms with E-state index in [1.165, 1.54) is 5.56 Å². The lowest BCUT2D eigenvalue weighted by atomic mass is 9.99. The maximum atomic E-state index is 12.9. The topological polar surface area (TPSA) is 71.1 Å². The highest BCUT2D eigenvalue weighted by atomic mass is 16.5. The van der Waals surface area contributed by atoms with Crippen LogP contribution in [0.25, 0.3) is 0 Å². The summed E-state index contributed by atoms with van der Waals surface area (Å²) in [5.41, 5.74) is 3.22. The van der Waals surface area contributed by atoms with Gasteiger partial charge in [-0.15, -0.1) is 0 Å². The maximum Gasteiger partial charge on any atom is 0.249 e. The number of hydrogen-bond acceptors (Lipinski definition) is 5. The molecule has 0 radical (unpaired) electrons. The van der Waals surface area contributed by atoms with Crippen LogP contribution in [-0.2, 0) is 22.6 Å². The fourth-order valence-electron chi connectivity index (χ4n) is 4.54. The molecule has 1 N–H and O–H groups in total. The van der Waals surface area contributed by atoms with Gasteiger partial charge in [-0.05, 0) is 55.2 Å². The molecule has 164 valence electrons.